The lowest BCUT2D eigenvalue weighted by Gasteiger charge is -2.16. The van der Waals surface area contributed by atoms with E-state index >= 15 is 0 Å². The molecule has 0 N–H and O–H groups in total. The molecule has 21 heavy (non-hydrogen) atoms. The molecule has 0 saturated heterocycles. The van der Waals surface area contributed by atoms with Crippen LogP contribution >= 0.6 is 0 Å². The molecule has 1 rings (SSSR count). The van der Waals surface area contributed by atoms with E-state index in [0.29, 0.717) is 5.56 Å². The molecule has 0 aliphatic carbocycles. The molecule has 1 aromatic carbocycles. The Kier molecular flexibility index (Phi) is 4.81. The summed E-state index contributed by atoms with van der Waals surface area (Å²) in [7, 11) is -3.88. The third kappa shape index (κ3) is 4.88. The van der Waals surface area contributed by atoms with E-state index < -0.39 is 23.0 Å². The largest absolute Gasteiger partial charge is 0.293 e. The van der Waals surface area contributed by atoms with E-state index in [2.05, 4.69) is 31.1 Å². The van der Waals surface area contributed by atoms with E-state index in [1.165, 1.54) is 25.2 Å². The molecule has 0 saturated carbocycles. The first-order chi connectivity index (χ1) is 9.42. The quantitative estimate of drug-likeness (QED) is 0.369. The summed E-state index contributed by atoms with van der Waals surface area (Å²) < 4.78 is 24.1. The number of sulfonamides is 1. The van der Waals surface area contributed by atoms with Crippen LogP contribution in [0.3, 0.4) is 0 Å². The lowest BCUT2D eigenvalue weighted by Crippen LogP contribution is -2.25. The number of hydrogen-bond donors (Lipinski definition) is 0. The monoisotopic (exact) mass is 326 g/mol. The highest BCUT2D eigenvalue weighted by atomic mass is 32.2. The van der Waals surface area contributed by atoms with Crippen LogP contribution in [-0.2, 0) is 10.0 Å². The van der Waals surface area contributed by atoms with Crippen molar-refractivity contribution < 1.29 is 13.3 Å². The summed E-state index contributed by atoms with van der Waals surface area (Å²) in [5.74, 6) is 2.97. The Morgan fingerprint density at radius 1 is 1.29 bits per heavy atom. The Hall–Kier alpha value is -1.85. The van der Waals surface area contributed by atoms with Gasteiger partial charge in [0.1, 0.15) is 13.8 Å². The fourth-order valence-electron chi connectivity index (χ4n) is 1.45. The van der Waals surface area contributed by atoms with Gasteiger partial charge in [0, 0.05) is 18.7 Å². The highest BCUT2D eigenvalue weighted by molar-refractivity contribution is 7.92. The van der Waals surface area contributed by atoms with Crippen molar-refractivity contribution in [1.29, 1.82) is 0 Å². The standard InChI is InChI=1S/C13H18N2O4SSi/c1-14(20(2,18)19)13-10-11(8-9-21(3,4)5)6-7-12(13)15(16)17/h6-7,10H,1-5H3. The molecule has 6 nitrogen and oxygen atoms in total. The molecule has 1 aromatic rings. The van der Waals surface area contributed by atoms with Crippen LogP contribution in [0.5, 0.6) is 0 Å². The van der Waals surface area contributed by atoms with Crippen molar-refractivity contribution in [1.82, 2.24) is 0 Å². The van der Waals surface area contributed by atoms with E-state index in [9.17, 15) is 18.5 Å². The first-order valence-corrected chi connectivity index (χ1v) is 11.5. The lowest BCUT2D eigenvalue weighted by atomic mass is 10.2. The molecule has 0 spiro atoms. The molecule has 8 heteroatoms. The second kappa shape index (κ2) is 5.87. The molecule has 0 aliphatic heterocycles. The van der Waals surface area contributed by atoms with E-state index in [1.54, 1.807) is 0 Å². The van der Waals surface area contributed by atoms with Gasteiger partial charge >= 0.3 is 0 Å². The fraction of sp³-hybridized carbons (Fsp3) is 0.385. The van der Waals surface area contributed by atoms with Crippen LogP contribution in [0.4, 0.5) is 11.4 Å². The lowest BCUT2D eigenvalue weighted by molar-refractivity contribution is -0.384. The van der Waals surface area contributed by atoms with Crippen LogP contribution in [0, 0.1) is 21.6 Å². The topological polar surface area (TPSA) is 80.5 Å². The molecule has 0 unspecified atom stereocenters. The second-order valence-corrected chi connectivity index (χ2v) is 12.5. The molecule has 0 bridgehead atoms. The third-order valence-electron chi connectivity index (χ3n) is 2.59. The van der Waals surface area contributed by atoms with Gasteiger partial charge in [0.05, 0.1) is 11.2 Å². The summed E-state index contributed by atoms with van der Waals surface area (Å²) in [6, 6.07) is 4.25. The Labute approximate surface area is 126 Å². The molecule has 0 atom stereocenters. The SMILES string of the molecule is CN(c1cc(C#C[Si](C)(C)C)ccc1[N+](=O)[O-])S(C)(=O)=O. The minimum atomic E-state index is -3.58. The van der Waals surface area contributed by atoms with Gasteiger partial charge in [-0.3, -0.25) is 14.4 Å². The van der Waals surface area contributed by atoms with Gasteiger partial charge in [0.25, 0.3) is 5.69 Å². The van der Waals surface area contributed by atoms with Crippen LogP contribution in [0.25, 0.3) is 0 Å². The minimum Gasteiger partial charge on any atom is -0.267 e. The average Bonchev–Trinajstić information content (AvgIpc) is 2.33. The Bertz CT molecular complexity index is 727. The van der Waals surface area contributed by atoms with Crippen LogP contribution in [0.15, 0.2) is 18.2 Å². The molecule has 0 radical (unpaired) electrons. The van der Waals surface area contributed by atoms with Crippen molar-refractivity contribution in [3.05, 3.63) is 33.9 Å². The summed E-state index contributed by atoms with van der Waals surface area (Å²) in [5.41, 5.74) is 3.46. The van der Waals surface area contributed by atoms with Gasteiger partial charge in [-0.05, 0) is 12.1 Å². The summed E-state index contributed by atoms with van der Waals surface area (Å²) in [6.07, 6.45) is 0.997. The van der Waals surface area contributed by atoms with Crippen molar-refractivity contribution in [2.75, 3.05) is 17.6 Å². The van der Waals surface area contributed by atoms with Crippen LogP contribution in [0.1, 0.15) is 5.56 Å². The molecule has 0 aliphatic rings. The number of nitro groups is 1. The van der Waals surface area contributed by atoms with E-state index in [-0.39, 0.29) is 11.4 Å². The first kappa shape index (κ1) is 17.2. The normalized spacial score (nSPS) is 11.5. The summed E-state index contributed by atoms with van der Waals surface area (Å²) in [6.45, 7) is 6.23. The maximum Gasteiger partial charge on any atom is 0.293 e. The van der Waals surface area contributed by atoms with Crippen molar-refractivity contribution in [2.24, 2.45) is 0 Å². The fourth-order valence-corrected chi connectivity index (χ4v) is 2.47. The summed E-state index contributed by atoms with van der Waals surface area (Å²) >= 11 is 0. The van der Waals surface area contributed by atoms with Gasteiger partial charge in [0.2, 0.25) is 10.0 Å². The number of anilines is 1. The van der Waals surface area contributed by atoms with Crippen molar-refractivity contribution in [3.63, 3.8) is 0 Å². The molecular weight excluding hydrogens is 308 g/mol. The number of rotatable bonds is 3. The molecule has 0 amide bonds. The van der Waals surface area contributed by atoms with Crippen LogP contribution in [0.2, 0.25) is 19.6 Å². The zero-order valence-corrected chi connectivity index (χ0v) is 14.5. The second-order valence-electron chi connectivity index (χ2n) is 5.69. The predicted molar refractivity (Wildman–Crippen MR) is 86.6 cm³/mol. The number of nitrogens with zero attached hydrogens (tertiary/aromatic N) is 2. The predicted octanol–water partition coefficient (Wildman–Crippen LogP) is 2.22. The summed E-state index contributed by atoms with van der Waals surface area (Å²) in [4.78, 5) is 10.4. The van der Waals surface area contributed by atoms with Crippen LogP contribution in [-0.4, -0.2) is 34.7 Å². The number of benzene rings is 1. The molecule has 0 heterocycles. The summed E-state index contributed by atoms with van der Waals surface area (Å²) in [5, 5.41) is 11.0. The Morgan fingerprint density at radius 3 is 2.29 bits per heavy atom. The Balaban J connectivity index is 3.44. The van der Waals surface area contributed by atoms with Crippen molar-refractivity contribution in [3.8, 4) is 11.5 Å². The van der Waals surface area contributed by atoms with E-state index in [4.69, 9.17) is 0 Å². The highest BCUT2D eigenvalue weighted by Gasteiger charge is 2.22. The van der Waals surface area contributed by atoms with Crippen LogP contribution < -0.4 is 4.31 Å². The van der Waals surface area contributed by atoms with Gasteiger partial charge in [0.15, 0.2) is 0 Å². The van der Waals surface area contributed by atoms with Gasteiger partial charge < -0.3 is 0 Å². The van der Waals surface area contributed by atoms with E-state index in [0.717, 1.165) is 10.6 Å². The Morgan fingerprint density at radius 2 is 1.86 bits per heavy atom. The molecule has 0 fully saturated rings. The zero-order chi connectivity index (χ0) is 16.4. The molecular formula is C13H18N2O4SSi. The van der Waals surface area contributed by atoms with Crippen molar-refractivity contribution in [2.45, 2.75) is 19.6 Å². The van der Waals surface area contributed by atoms with Gasteiger partial charge in [-0.25, -0.2) is 8.42 Å². The minimum absolute atomic E-state index is 0.0184. The van der Waals surface area contributed by atoms with Gasteiger partial charge in [-0.1, -0.05) is 25.6 Å². The smallest absolute Gasteiger partial charge is 0.267 e. The molecule has 114 valence electrons. The third-order valence-corrected chi connectivity index (χ3v) is 4.66. The first-order valence-electron chi connectivity index (χ1n) is 6.17. The zero-order valence-electron chi connectivity index (χ0n) is 12.7. The maximum atomic E-state index is 11.6. The molecule has 0 aromatic heterocycles. The van der Waals surface area contributed by atoms with Gasteiger partial charge in [-0.2, -0.15) is 0 Å². The highest BCUT2D eigenvalue weighted by Crippen LogP contribution is 2.29. The number of nitro benzene ring substituents is 1. The average molecular weight is 326 g/mol. The maximum absolute atomic E-state index is 11.6. The van der Waals surface area contributed by atoms with E-state index in [1.807, 2.05) is 0 Å². The van der Waals surface area contributed by atoms with Crippen molar-refractivity contribution >= 4 is 29.5 Å². The van der Waals surface area contributed by atoms with Gasteiger partial charge in [-0.15, -0.1) is 5.54 Å². The number of hydrogen-bond acceptors (Lipinski definition) is 4.